The second-order valence-corrected chi connectivity index (χ2v) is 4.23. The maximum atomic E-state index is 3.35. The van der Waals surface area contributed by atoms with Gasteiger partial charge < -0.3 is 5.32 Å². The Bertz CT molecular complexity index is 160. The molecule has 0 aromatic carbocycles. The van der Waals surface area contributed by atoms with Gasteiger partial charge in [-0.3, -0.25) is 0 Å². The lowest BCUT2D eigenvalue weighted by Gasteiger charge is -2.27. The minimum Gasteiger partial charge on any atom is -0.317 e. The first kappa shape index (κ1) is 9.79. The van der Waals surface area contributed by atoms with Gasteiger partial charge in [0, 0.05) is 6.04 Å². The fourth-order valence-electron chi connectivity index (χ4n) is 2.16. The quantitative estimate of drug-likeness (QED) is 0.637. The summed E-state index contributed by atoms with van der Waals surface area (Å²) in [5, 5.41) is 3.35. The Kier molecular flexibility index (Phi) is 3.33. The molecule has 1 nitrogen and oxygen atoms in total. The molecule has 0 amide bonds. The van der Waals surface area contributed by atoms with Crippen molar-refractivity contribution >= 4 is 0 Å². The van der Waals surface area contributed by atoms with Crippen molar-refractivity contribution in [1.82, 2.24) is 5.32 Å². The number of hydrogen-bond donors (Lipinski definition) is 1. The molecule has 12 heavy (non-hydrogen) atoms. The maximum Gasteiger partial charge on any atom is 0.00726 e. The molecule has 0 aliphatic heterocycles. The molecule has 0 saturated heterocycles. The van der Waals surface area contributed by atoms with E-state index in [0.717, 1.165) is 17.8 Å². The summed E-state index contributed by atoms with van der Waals surface area (Å²) in [6.07, 6.45) is 5.98. The van der Waals surface area contributed by atoms with Crippen LogP contribution in [0.3, 0.4) is 0 Å². The van der Waals surface area contributed by atoms with Crippen molar-refractivity contribution in [3.63, 3.8) is 0 Å². The van der Waals surface area contributed by atoms with Crippen molar-refractivity contribution in [3.05, 3.63) is 12.2 Å². The van der Waals surface area contributed by atoms with Crippen LogP contribution in [-0.4, -0.2) is 13.1 Å². The SMILES string of the molecule is CNC(C)C1CC=CC1C(C)C. The highest BCUT2D eigenvalue weighted by atomic mass is 14.9. The summed E-state index contributed by atoms with van der Waals surface area (Å²) >= 11 is 0. The molecule has 0 radical (unpaired) electrons. The average Bonchev–Trinajstić information content (AvgIpc) is 2.50. The summed E-state index contributed by atoms with van der Waals surface area (Å²) in [7, 11) is 2.06. The maximum absolute atomic E-state index is 3.35. The van der Waals surface area contributed by atoms with Gasteiger partial charge in [-0.15, -0.1) is 0 Å². The molecule has 3 atom stereocenters. The molecular weight excluding hydrogens is 146 g/mol. The molecule has 0 bridgehead atoms. The zero-order valence-corrected chi connectivity index (χ0v) is 8.67. The van der Waals surface area contributed by atoms with Gasteiger partial charge in [-0.05, 0) is 38.1 Å². The molecule has 1 rings (SSSR count). The number of nitrogens with one attached hydrogen (secondary N) is 1. The highest BCUT2D eigenvalue weighted by molar-refractivity contribution is 5.04. The summed E-state index contributed by atoms with van der Waals surface area (Å²) < 4.78 is 0. The van der Waals surface area contributed by atoms with Crippen molar-refractivity contribution in [2.45, 2.75) is 33.2 Å². The van der Waals surface area contributed by atoms with Crippen LogP contribution >= 0.6 is 0 Å². The van der Waals surface area contributed by atoms with Crippen molar-refractivity contribution in [2.24, 2.45) is 17.8 Å². The van der Waals surface area contributed by atoms with Crippen LogP contribution in [0.15, 0.2) is 12.2 Å². The molecule has 1 aliphatic rings. The van der Waals surface area contributed by atoms with Crippen LogP contribution in [0.1, 0.15) is 27.2 Å². The first-order valence-corrected chi connectivity index (χ1v) is 5.00. The summed E-state index contributed by atoms with van der Waals surface area (Å²) in [6, 6.07) is 0.646. The Balaban J connectivity index is 2.55. The van der Waals surface area contributed by atoms with Gasteiger partial charge in [0.15, 0.2) is 0 Å². The molecule has 3 unspecified atom stereocenters. The van der Waals surface area contributed by atoms with Crippen LogP contribution in [-0.2, 0) is 0 Å². The average molecular weight is 167 g/mol. The van der Waals surface area contributed by atoms with Crippen molar-refractivity contribution < 1.29 is 0 Å². The molecule has 0 aromatic rings. The summed E-state index contributed by atoms with van der Waals surface area (Å²) in [5.74, 6) is 2.38. The van der Waals surface area contributed by atoms with Crippen LogP contribution in [0.5, 0.6) is 0 Å². The van der Waals surface area contributed by atoms with Crippen molar-refractivity contribution in [2.75, 3.05) is 7.05 Å². The standard InChI is InChI=1S/C11H21N/c1-8(2)10-6-5-7-11(10)9(3)12-4/h5-6,8-12H,7H2,1-4H3. The zero-order valence-electron chi connectivity index (χ0n) is 8.67. The minimum atomic E-state index is 0.646. The number of rotatable bonds is 3. The fraction of sp³-hybridized carbons (Fsp3) is 0.818. The molecule has 0 fully saturated rings. The largest absolute Gasteiger partial charge is 0.317 e. The van der Waals surface area contributed by atoms with Gasteiger partial charge in [0.05, 0.1) is 0 Å². The molecule has 0 saturated carbocycles. The Morgan fingerprint density at radius 3 is 2.50 bits per heavy atom. The monoisotopic (exact) mass is 167 g/mol. The Hall–Kier alpha value is -0.300. The normalized spacial score (nSPS) is 31.4. The third kappa shape index (κ3) is 1.89. The summed E-state index contributed by atoms with van der Waals surface area (Å²) in [4.78, 5) is 0. The molecule has 1 aliphatic carbocycles. The van der Waals surface area contributed by atoms with Crippen molar-refractivity contribution in [1.29, 1.82) is 0 Å². The molecule has 1 N–H and O–H groups in total. The van der Waals surface area contributed by atoms with E-state index in [2.05, 4.69) is 45.3 Å². The highest BCUT2D eigenvalue weighted by Crippen LogP contribution is 2.33. The van der Waals surface area contributed by atoms with Crippen LogP contribution in [0.4, 0.5) is 0 Å². The van der Waals surface area contributed by atoms with E-state index in [1.54, 1.807) is 0 Å². The van der Waals surface area contributed by atoms with Gasteiger partial charge in [0.2, 0.25) is 0 Å². The van der Waals surface area contributed by atoms with E-state index in [0.29, 0.717) is 6.04 Å². The minimum absolute atomic E-state index is 0.646. The predicted octanol–water partition coefficient (Wildman–Crippen LogP) is 2.44. The van der Waals surface area contributed by atoms with Gasteiger partial charge in [0.1, 0.15) is 0 Å². The topological polar surface area (TPSA) is 12.0 Å². The second-order valence-electron chi connectivity index (χ2n) is 4.23. The van der Waals surface area contributed by atoms with Crippen LogP contribution in [0, 0.1) is 17.8 Å². The lowest BCUT2D eigenvalue weighted by Crippen LogP contribution is -2.34. The van der Waals surface area contributed by atoms with E-state index in [-0.39, 0.29) is 0 Å². The van der Waals surface area contributed by atoms with Crippen LogP contribution in [0.25, 0.3) is 0 Å². The molecule has 1 heteroatoms. The van der Waals surface area contributed by atoms with Gasteiger partial charge in [0.25, 0.3) is 0 Å². The fourth-order valence-corrected chi connectivity index (χ4v) is 2.16. The number of hydrogen-bond acceptors (Lipinski definition) is 1. The lowest BCUT2D eigenvalue weighted by atomic mass is 9.82. The third-order valence-corrected chi connectivity index (χ3v) is 3.13. The van der Waals surface area contributed by atoms with Gasteiger partial charge in [-0.25, -0.2) is 0 Å². The van der Waals surface area contributed by atoms with Crippen LogP contribution < -0.4 is 5.32 Å². The van der Waals surface area contributed by atoms with Gasteiger partial charge in [-0.2, -0.15) is 0 Å². The van der Waals surface area contributed by atoms with Crippen LogP contribution in [0.2, 0.25) is 0 Å². The molecular formula is C11H21N. The molecule has 0 heterocycles. The van der Waals surface area contributed by atoms with E-state index in [9.17, 15) is 0 Å². The van der Waals surface area contributed by atoms with E-state index in [1.165, 1.54) is 6.42 Å². The highest BCUT2D eigenvalue weighted by Gasteiger charge is 2.28. The first-order valence-electron chi connectivity index (χ1n) is 5.00. The Morgan fingerprint density at radius 1 is 1.33 bits per heavy atom. The van der Waals surface area contributed by atoms with E-state index in [1.807, 2.05) is 0 Å². The van der Waals surface area contributed by atoms with Gasteiger partial charge >= 0.3 is 0 Å². The molecule has 0 aromatic heterocycles. The third-order valence-electron chi connectivity index (χ3n) is 3.13. The molecule has 0 spiro atoms. The van der Waals surface area contributed by atoms with Gasteiger partial charge in [-0.1, -0.05) is 26.0 Å². The second kappa shape index (κ2) is 4.08. The number of allylic oxidation sites excluding steroid dienone is 2. The Labute approximate surface area is 76.2 Å². The zero-order chi connectivity index (χ0) is 9.14. The van der Waals surface area contributed by atoms with Crippen molar-refractivity contribution in [3.8, 4) is 0 Å². The predicted molar refractivity (Wildman–Crippen MR) is 54.1 cm³/mol. The smallest absolute Gasteiger partial charge is 0.00726 e. The van der Waals surface area contributed by atoms with E-state index in [4.69, 9.17) is 0 Å². The Morgan fingerprint density at radius 2 is 2.00 bits per heavy atom. The summed E-state index contributed by atoms with van der Waals surface area (Å²) in [6.45, 7) is 6.92. The first-order chi connectivity index (χ1) is 5.66. The summed E-state index contributed by atoms with van der Waals surface area (Å²) in [5.41, 5.74) is 0. The van der Waals surface area contributed by atoms with E-state index >= 15 is 0 Å². The van der Waals surface area contributed by atoms with E-state index < -0.39 is 0 Å². The molecule has 70 valence electrons. The lowest BCUT2D eigenvalue weighted by molar-refractivity contribution is 0.274.